The highest BCUT2D eigenvalue weighted by Crippen LogP contribution is 2.27. The molecule has 128 valence electrons. The first-order valence-corrected chi connectivity index (χ1v) is 9.55. The average molecular weight is 389 g/mol. The maximum Gasteiger partial charge on any atom is 0.225 e. The summed E-state index contributed by atoms with van der Waals surface area (Å²) in [4.78, 5) is 11.8. The van der Waals surface area contributed by atoms with E-state index < -0.39 is 0 Å². The van der Waals surface area contributed by atoms with E-state index >= 15 is 0 Å². The third kappa shape index (κ3) is 3.89. The number of aryl methyl sites for hydroxylation is 1. The van der Waals surface area contributed by atoms with Crippen molar-refractivity contribution in [1.29, 1.82) is 0 Å². The zero-order valence-corrected chi connectivity index (χ0v) is 16.2. The Hall–Kier alpha value is -1.62. The normalized spacial score (nSPS) is 15.1. The molecule has 3 rings (SSSR count). The highest BCUT2D eigenvalue weighted by molar-refractivity contribution is 9.10. The number of nitrogens with zero attached hydrogens (tertiary/aromatic N) is 3. The van der Waals surface area contributed by atoms with Crippen molar-refractivity contribution in [2.45, 2.75) is 52.6 Å². The van der Waals surface area contributed by atoms with Gasteiger partial charge in [0.2, 0.25) is 5.95 Å². The van der Waals surface area contributed by atoms with Gasteiger partial charge in [0.05, 0.1) is 0 Å². The van der Waals surface area contributed by atoms with Crippen molar-refractivity contribution >= 4 is 27.7 Å². The number of nitrogens with one attached hydrogen (secondary N) is 1. The molecule has 0 radical (unpaired) electrons. The van der Waals surface area contributed by atoms with Crippen molar-refractivity contribution in [1.82, 2.24) is 9.97 Å². The predicted octanol–water partition coefficient (Wildman–Crippen LogP) is 4.57. The van der Waals surface area contributed by atoms with E-state index in [1.165, 1.54) is 11.1 Å². The molecule has 0 bridgehead atoms. The molecule has 1 atom stereocenters. The van der Waals surface area contributed by atoms with Crippen LogP contribution in [-0.4, -0.2) is 22.6 Å². The van der Waals surface area contributed by atoms with Gasteiger partial charge in [-0.1, -0.05) is 35.8 Å². The largest absolute Gasteiger partial charge is 0.352 e. The highest BCUT2D eigenvalue weighted by atomic mass is 79.9. The topological polar surface area (TPSA) is 41.1 Å². The fourth-order valence-corrected chi connectivity index (χ4v) is 3.34. The molecule has 0 spiro atoms. The molecule has 1 aromatic carbocycles. The van der Waals surface area contributed by atoms with Gasteiger partial charge in [-0.3, -0.25) is 0 Å². The van der Waals surface area contributed by atoms with E-state index in [2.05, 4.69) is 76.2 Å². The number of benzene rings is 1. The van der Waals surface area contributed by atoms with Gasteiger partial charge in [0.15, 0.2) is 0 Å². The van der Waals surface area contributed by atoms with Crippen LogP contribution >= 0.6 is 15.9 Å². The molecule has 0 saturated heterocycles. The van der Waals surface area contributed by atoms with Gasteiger partial charge in [-0.05, 0) is 49.4 Å². The summed E-state index contributed by atoms with van der Waals surface area (Å²) in [5.41, 5.74) is 3.91. The molecule has 24 heavy (non-hydrogen) atoms. The van der Waals surface area contributed by atoms with Gasteiger partial charge in [0.1, 0.15) is 5.82 Å². The molecular weight excluding hydrogens is 364 g/mol. The van der Waals surface area contributed by atoms with Crippen molar-refractivity contribution in [2.75, 3.05) is 16.8 Å². The summed E-state index contributed by atoms with van der Waals surface area (Å²) in [6.07, 6.45) is 3.03. The van der Waals surface area contributed by atoms with Crippen molar-refractivity contribution in [2.24, 2.45) is 0 Å². The lowest BCUT2D eigenvalue weighted by atomic mass is 10.00. The molecule has 0 saturated carbocycles. The van der Waals surface area contributed by atoms with Crippen molar-refractivity contribution < 1.29 is 0 Å². The van der Waals surface area contributed by atoms with Crippen LogP contribution in [0.3, 0.4) is 0 Å². The van der Waals surface area contributed by atoms with Gasteiger partial charge in [-0.15, -0.1) is 0 Å². The number of anilines is 2. The summed E-state index contributed by atoms with van der Waals surface area (Å²) in [7, 11) is 0. The van der Waals surface area contributed by atoms with Crippen LogP contribution in [-0.2, 0) is 19.4 Å². The van der Waals surface area contributed by atoms with Crippen molar-refractivity contribution in [3.05, 3.63) is 45.6 Å². The van der Waals surface area contributed by atoms with Gasteiger partial charge in [0, 0.05) is 35.4 Å². The van der Waals surface area contributed by atoms with Gasteiger partial charge >= 0.3 is 0 Å². The van der Waals surface area contributed by atoms with Crippen LogP contribution in [0.4, 0.5) is 11.8 Å². The lowest BCUT2D eigenvalue weighted by Gasteiger charge is -2.30. The third-order valence-corrected chi connectivity index (χ3v) is 5.11. The van der Waals surface area contributed by atoms with E-state index in [0.29, 0.717) is 6.04 Å². The summed E-state index contributed by atoms with van der Waals surface area (Å²) in [5.74, 6) is 1.78. The van der Waals surface area contributed by atoms with Crippen LogP contribution in [0.25, 0.3) is 0 Å². The van der Waals surface area contributed by atoms with E-state index in [-0.39, 0.29) is 0 Å². The second-order valence-corrected chi connectivity index (χ2v) is 7.35. The molecule has 4 nitrogen and oxygen atoms in total. The zero-order valence-electron chi connectivity index (χ0n) is 14.6. The summed E-state index contributed by atoms with van der Waals surface area (Å²) in [6.45, 7) is 8.37. The Kier molecular flexibility index (Phi) is 5.39. The number of hydrogen-bond donors (Lipinski definition) is 1. The lowest BCUT2D eigenvalue weighted by molar-refractivity contribution is 0.712. The summed E-state index contributed by atoms with van der Waals surface area (Å²) >= 11 is 3.58. The van der Waals surface area contributed by atoms with E-state index in [1.54, 1.807) is 0 Å². The molecular formula is C19H25BrN4. The minimum absolute atomic E-state index is 0.378. The molecule has 1 N–H and O–H groups in total. The number of rotatable bonds is 5. The molecule has 0 amide bonds. The molecule has 0 aliphatic carbocycles. The van der Waals surface area contributed by atoms with Crippen LogP contribution in [0.5, 0.6) is 0 Å². The Morgan fingerprint density at radius 1 is 1.21 bits per heavy atom. The standard InChI is InChI=1S/C19H25BrN4/c1-4-13(3)21-19-22-17(5-2)11-18(23-19)24-9-8-14-6-7-16(20)10-15(14)12-24/h6-7,10-11,13H,4-5,8-9,12H2,1-3H3,(H,21,22,23)/t13-/m1/s1. The van der Waals surface area contributed by atoms with Crippen LogP contribution in [0.2, 0.25) is 0 Å². The molecule has 1 aliphatic heterocycles. The van der Waals surface area contributed by atoms with Gasteiger partial charge in [-0.25, -0.2) is 4.98 Å². The van der Waals surface area contributed by atoms with Crippen molar-refractivity contribution in [3.8, 4) is 0 Å². The summed E-state index contributed by atoms with van der Waals surface area (Å²) in [6, 6.07) is 9.09. The Morgan fingerprint density at radius 3 is 2.79 bits per heavy atom. The monoisotopic (exact) mass is 388 g/mol. The first-order chi connectivity index (χ1) is 11.6. The van der Waals surface area contributed by atoms with Gasteiger partial charge < -0.3 is 10.2 Å². The Labute approximate surface area is 152 Å². The summed E-state index contributed by atoms with van der Waals surface area (Å²) in [5, 5.41) is 3.42. The number of aromatic nitrogens is 2. The smallest absolute Gasteiger partial charge is 0.225 e. The molecule has 1 aliphatic rings. The van der Waals surface area contributed by atoms with Crippen LogP contribution in [0.1, 0.15) is 44.0 Å². The second-order valence-electron chi connectivity index (χ2n) is 6.43. The van der Waals surface area contributed by atoms with Gasteiger partial charge in [0.25, 0.3) is 0 Å². The van der Waals surface area contributed by atoms with E-state index in [4.69, 9.17) is 4.98 Å². The molecule has 1 aromatic heterocycles. The van der Waals surface area contributed by atoms with Crippen LogP contribution in [0.15, 0.2) is 28.7 Å². The number of hydrogen-bond acceptors (Lipinski definition) is 4. The van der Waals surface area contributed by atoms with Crippen LogP contribution in [0, 0.1) is 0 Å². The quantitative estimate of drug-likeness (QED) is 0.813. The first-order valence-electron chi connectivity index (χ1n) is 8.75. The molecule has 5 heteroatoms. The maximum atomic E-state index is 4.78. The van der Waals surface area contributed by atoms with Crippen LogP contribution < -0.4 is 10.2 Å². The molecule has 2 heterocycles. The lowest BCUT2D eigenvalue weighted by Crippen LogP contribution is -2.31. The minimum Gasteiger partial charge on any atom is -0.352 e. The SMILES string of the molecule is CCc1cc(N2CCc3ccc(Br)cc3C2)nc(N[C@H](C)CC)n1. The second kappa shape index (κ2) is 7.51. The Bertz CT molecular complexity index is 717. The van der Waals surface area contributed by atoms with E-state index in [0.717, 1.165) is 54.3 Å². The fraction of sp³-hybridized carbons (Fsp3) is 0.474. The Balaban J connectivity index is 1.87. The highest BCUT2D eigenvalue weighted by Gasteiger charge is 2.19. The maximum absolute atomic E-state index is 4.78. The van der Waals surface area contributed by atoms with E-state index in [1.807, 2.05) is 0 Å². The molecule has 0 unspecified atom stereocenters. The predicted molar refractivity (Wildman–Crippen MR) is 104 cm³/mol. The van der Waals surface area contributed by atoms with E-state index in [9.17, 15) is 0 Å². The molecule has 2 aromatic rings. The summed E-state index contributed by atoms with van der Waals surface area (Å²) < 4.78 is 1.14. The Morgan fingerprint density at radius 2 is 2.04 bits per heavy atom. The minimum atomic E-state index is 0.378. The average Bonchev–Trinajstić information content (AvgIpc) is 2.60. The first kappa shape index (κ1) is 17.2. The zero-order chi connectivity index (χ0) is 17.1. The number of halogens is 1. The fourth-order valence-electron chi connectivity index (χ4n) is 2.93. The number of fused-ring (bicyclic) bond motifs is 1. The van der Waals surface area contributed by atoms with Crippen molar-refractivity contribution in [3.63, 3.8) is 0 Å². The van der Waals surface area contributed by atoms with Gasteiger partial charge in [-0.2, -0.15) is 4.98 Å². The third-order valence-electron chi connectivity index (χ3n) is 4.62. The molecule has 0 fully saturated rings.